The molecular formula is C42H70O. The molecular weight excluding hydrogens is 520 g/mol. The molecule has 0 aromatic rings. The van der Waals surface area contributed by atoms with Crippen molar-refractivity contribution >= 4 is 5.78 Å². The third kappa shape index (κ3) is 10.2. The molecule has 43 heavy (non-hydrogen) atoms. The molecule has 0 bridgehead atoms. The van der Waals surface area contributed by atoms with E-state index in [2.05, 4.69) is 58.9 Å². The van der Waals surface area contributed by atoms with E-state index in [-0.39, 0.29) is 0 Å². The maximum atomic E-state index is 13.3. The lowest BCUT2D eigenvalue weighted by Crippen LogP contribution is -2.30. The van der Waals surface area contributed by atoms with Gasteiger partial charge in [0.15, 0.2) is 0 Å². The molecule has 0 aromatic carbocycles. The molecule has 0 radical (unpaired) electrons. The van der Waals surface area contributed by atoms with E-state index in [4.69, 9.17) is 0 Å². The Hall–Kier alpha value is -1.11. The van der Waals surface area contributed by atoms with Crippen LogP contribution in [0.2, 0.25) is 0 Å². The molecule has 4 aliphatic rings. The molecule has 6 atom stereocenters. The average molecular weight is 591 g/mol. The summed E-state index contributed by atoms with van der Waals surface area (Å²) >= 11 is 0. The lowest BCUT2D eigenvalue weighted by molar-refractivity contribution is -0.119. The van der Waals surface area contributed by atoms with Crippen LogP contribution in [0.25, 0.3) is 0 Å². The second-order valence-corrected chi connectivity index (χ2v) is 15.9. The highest BCUT2D eigenvalue weighted by atomic mass is 16.1. The zero-order chi connectivity index (χ0) is 30.6. The molecule has 0 spiro atoms. The van der Waals surface area contributed by atoms with E-state index in [1.54, 1.807) is 11.1 Å². The summed E-state index contributed by atoms with van der Waals surface area (Å²) in [5.74, 6) is 7.53. The molecule has 0 aromatic heterocycles. The van der Waals surface area contributed by atoms with E-state index >= 15 is 0 Å². The number of Topliss-reactive ketones (excluding diaryl/α,β-unsaturated/α-hetero) is 1. The van der Waals surface area contributed by atoms with Crippen LogP contribution in [0, 0.1) is 53.3 Å². The van der Waals surface area contributed by atoms with Gasteiger partial charge in [0.1, 0.15) is 5.78 Å². The zero-order valence-electron chi connectivity index (χ0n) is 29.3. The Morgan fingerprint density at radius 1 is 0.907 bits per heavy atom. The zero-order valence-corrected chi connectivity index (χ0v) is 29.3. The SMILES string of the molecule is CC/C=C(\CCC)C(C)C(C1C=CCCC1)[C@@H](C)CCC(=O)CCCC1=CC(C2CCCCC2)CC1C1CCC(C)CC1. The molecule has 0 N–H and O–H groups in total. The van der Waals surface area contributed by atoms with E-state index in [0.29, 0.717) is 29.5 Å². The first-order valence-electron chi connectivity index (χ1n) is 19.5. The van der Waals surface area contributed by atoms with Crippen LogP contribution in [0.1, 0.15) is 169 Å². The largest absolute Gasteiger partial charge is 0.300 e. The van der Waals surface area contributed by atoms with E-state index in [0.717, 1.165) is 61.7 Å². The fourth-order valence-corrected chi connectivity index (χ4v) is 10.2. The van der Waals surface area contributed by atoms with Gasteiger partial charge < -0.3 is 0 Å². The Kier molecular flexibility index (Phi) is 14.7. The minimum Gasteiger partial charge on any atom is -0.300 e. The van der Waals surface area contributed by atoms with Gasteiger partial charge in [-0.05, 0) is 137 Å². The molecule has 0 saturated heterocycles. The molecule has 4 aliphatic carbocycles. The molecule has 1 heteroatoms. The highest BCUT2D eigenvalue weighted by Gasteiger charge is 2.37. The molecule has 4 rings (SSSR count). The monoisotopic (exact) mass is 591 g/mol. The highest BCUT2D eigenvalue weighted by molar-refractivity contribution is 5.78. The topological polar surface area (TPSA) is 17.1 Å². The summed E-state index contributed by atoms with van der Waals surface area (Å²) in [4.78, 5) is 13.3. The molecule has 0 amide bonds. The third-order valence-corrected chi connectivity index (χ3v) is 12.7. The van der Waals surface area contributed by atoms with Crippen molar-refractivity contribution in [3.05, 3.63) is 35.5 Å². The van der Waals surface area contributed by atoms with Crippen LogP contribution in [0.15, 0.2) is 35.5 Å². The van der Waals surface area contributed by atoms with Crippen molar-refractivity contribution in [2.24, 2.45) is 53.3 Å². The van der Waals surface area contributed by atoms with Crippen LogP contribution in [-0.4, -0.2) is 5.78 Å². The summed E-state index contributed by atoms with van der Waals surface area (Å²) in [6.07, 6.45) is 37.2. The predicted molar refractivity (Wildman–Crippen MR) is 187 cm³/mol. The van der Waals surface area contributed by atoms with Gasteiger partial charge in [-0.15, -0.1) is 0 Å². The van der Waals surface area contributed by atoms with Crippen molar-refractivity contribution in [1.29, 1.82) is 0 Å². The second kappa shape index (κ2) is 18.1. The summed E-state index contributed by atoms with van der Waals surface area (Å²) in [5, 5.41) is 0. The van der Waals surface area contributed by atoms with Crippen LogP contribution in [0.3, 0.4) is 0 Å². The first-order valence-corrected chi connectivity index (χ1v) is 19.5. The van der Waals surface area contributed by atoms with Gasteiger partial charge >= 0.3 is 0 Å². The Bertz CT molecular complexity index is 907. The molecule has 1 nitrogen and oxygen atoms in total. The van der Waals surface area contributed by atoms with Crippen molar-refractivity contribution in [2.75, 3.05) is 0 Å². The van der Waals surface area contributed by atoms with Crippen molar-refractivity contribution in [1.82, 2.24) is 0 Å². The van der Waals surface area contributed by atoms with E-state index in [9.17, 15) is 4.79 Å². The minimum absolute atomic E-state index is 0.529. The Morgan fingerprint density at radius 3 is 2.35 bits per heavy atom. The second-order valence-electron chi connectivity index (χ2n) is 15.9. The van der Waals surface area contributed by atoms with E-state index in [1.165, 1.54) is 103 Å². The number of hydrogen-bond acceptors (Lipinski definition) is 1. The lowest BCUT2D eigenvalue weighted by atomic mass is 9.67. The van der Waals surface area contributed by atoms with Gasteiger partial charge in [0.05, 0.1) is 0 Å². The summed E-state index contributed by atoms with van der Waals surface area (Å²) in [7, 11) is 0. The first kappa shape index (κ1) is 34.8. The van der Waals surface area contributed by atoms with Gasteiger partial charge in [-0.25, -0.2) is 0 Å². The highest BCUT2D eigenvalue weighted by Crippen LogP contribution is 2.48. The van der Waals surface area contributed by atoms with Crippen LogP contribution in [-0.2, 0) is 4.79 Å². The molecule has 0 heterocycles. The summed E-state index contributed by atoms with van der Waals surface area (Å²) < 4.78 is 0. The Labute approximate surface area is 268 Å². The summed E-state index contributed by atoms with van der Waals surface area (Å²) in [6.45, 7) is 12.0. The standard InChI is InChI=1S/C42H70O/c1-6-15-34(16-7-2)33(5)42(37-19-12-9-13-20-37)32(4)25-28-40(43)22-14-21-38-29-39(35-17-10-8-11-18-35)30-41(38)36-26-23-31(3)24-27-36/h12,15,19,29,31-33,35-37,39,41-42H,6-11,13-14,16-18,20-28,30H2,1-5H3/b34-15+/t31?,32-,33?,36?,37?,39?,41?,42?/m0/s1. The number of hydrogen-bond donors (Lipinski definition) is 0. The average Bonchev–Trinajstić information content (AvgIpc) is 3.45. The summed E-state index contributed by atoms with van der Waals surface area (Å²) in [5.41, 5.74) is 3.45. The first-order chi connectivity index (χ1) is 20.9. The van der Waals surface area contributed by atoms with Crippen LogP contribution in [0.4, 0.5) is 0 Å². The fraction of sp³-hybridized carbons (Fsp3) is 0.833. The number of carbonyl (C=O) groups excluding carboxylic acids is 1. The van der Waals surface area contributed by atoms with Crippen LogP contribution >= 0.6 is 0 Å². The molecule has 244 valence electrons. The van der Waals surface area contributed by atoms with Gasteiger partial charge in [0.2, 0.25) is 0 Å². The minimum atomic E-state index is 0.529. The number of carbonyl (C=O) groups is 1. The smallest absolute Gasteiger partial charge is 0.132 e. The van der Waals surface area contributed by atoms with Crippen LogP contribution < -0.4 is 0 Å². The maximum Gasteiger partial charge on any atom is 0.132 e. The van der Waals surface area contributed by atoms with Crippen molar-refractivity contribution in [3.63, 3.8) is 0 Å². The van der Waals surface area contributed by atoms with E-state index < -0.39 is 0 Å². The lowest BCUT2D eigenvalue weighted by Gasteiger charge is -2.38. The van der Waals surface area contributed by atoms with Crippen molar-refractivity contribution < 1.29 is 4.79 Å². The molecule has 2 saturated carbocycles. The Morgan fingerprint density at radius 2 is 1.67 bits per heavy atom. The number of allylic oxidation sites excluding steroid dienone is 6. The Balaban J connectivity index is 1.31. The van der Waals surface area contributed by atoms with E-state index in [1.807, 2.05) is 0 Å². The molecule has 2 fully saturated rings. The van der Waals surface area contributed by atoms with Gasteiger partial charge in [-0.2, -0.15) is 0 Å². The van der Waals surface area contributed by atoms with Gasteiger partial charge in [0, 0.05) is 12.8 Å². The number of ketones is 1. The van der Waals surface area contributed by atoms with Gasteiger partial charge in [-0.1, -0.05) is 109 Å². The quantitative estimate of drug-likeness (QED) is 0.163. The molecule has 5 unspecified atom stereocenters. The predicted octanol–water partition coefficient (Wildman–Crippen LogP) is 12.9. The van der Waals surface area contributed by atoms with Crippen molar-refractivity contribution in [3.8, 4) is 0 Å². The normalized spacial score (nSPS) is 31.0. The number of rotatable bonds is 16. The van der Waals surface area contributed by atoms with Crippen LogP contribution in [0.5, 0.6) is 0 Å². The van der Waals surface area contributed by atoms with Gasteiger partial charge in [0.25, 0.3) is 0 Å². The maximum absolute atomic E-state index is 13.3. The molecule has 0 aliphatic heterocycles. The fourth-order valence-electron chi connectivity index (χ4n) is 10.2. The van der Waals surface area contributed by atoms with Gasteiger partial charge in [-0.3, -0.25) is 4.79 Å². The third-order valence-electron chi connectivity index (χ3n) is 12.7. The summed E-state index contributed by atoms with van der Waals surface area (Å²) in [6, 6.07) is 0. The van der Waals surface area contributed by atoms with Crippen molar-refractivity contribution in [2.45, 2.75) is 169 Å².